The fraction of sp³-hybridized carbons (Fsp3) is 0.391. The lowest BCUT2D eigenvalue weighted by Crippen LogP contribution is -2.43. The van der Waals surface area contributed by atoms with Gasteiger partial charge in [-0.1, -0.05) is 12.1 Å². The van der Waals surface area contributed by atoms with Gasteiger partial charge < -0.3 is 28.6 Å². The van der Waals surface area contributed by atoms with E-state index in [9.17, 15) is 9.59 Å². The molecule has 0 spiro atoms. The van der Waals surface area contributed by atoms with Gasteiger partial charge in [0.25, 0.3) is 5.91 Å². The second-order valence-corrected chi connectivity index (χ2v) is 7.38. The Morgan fingerprint density at radius 1 is 1.13 bits per heavy atom. The summed E-state index contributed by atoms with van der Waals surface area (Å²) >= 11 is 0. The Morgan fingerprint density at radius 3 is 2.58 bits per heavy atom. The molecule has 0 aliphatic carbocycles. The largest absolute Gasteiger partial charge is 0.493 e. The second-order valence-electron chi connectivity index (χ2n) is 7.38. The molecular formula is C23H27NO7. The number of carbonyl (C=O) groups excluding carboxylic acids is 2. The van der Waals surface area contributed by atoms with E-state index < -0.39 is 5.97 Å². The molecule has 0 saturated carbocycles. The average molecular weight is 429 g/mol. The molecule has 0 unspecified atom stereocenters. The van der Waals surface area contributed by atoms with Crippen molar-refractivity contribution in [2.75, 3.05) is 33.9 Å². The third-order valence-corrected chi connectivity index (χ3v) is 4.56. The van der Waals surface area contributed by atoms with Crippen molar-refractivity contribution in [2.24, 2.45) is 0 Å². The van der Waals surface area contributed by atoms with Crippen LogP contribution in [0.25, 0.3) is 0 Å². The molecule has 3 rings (SSSR count). The number of hydrogen-bond donors (Lipinski definition) is 0. The van der Waals surface area contributed by atoms with Crippen LogP contribution in [0, 0.1) is 0 Å². The van der Waals surface area contributed by atoms with E-state index in [2.05, 4.69) is 0 Å². The predicted molar refractivity (Wildman–Crippen MR) is 113 cm³/mol. The van der Waals surface area contributed by atoms with Crippen molar-refractivity contribution in [3.63, 3.8) is 0 Å². The van der Waals surface area contributed by atoms with Crippen LogP contribution in [0.5, 0.6) is 23.0 Å². The molecule has 0 bridgehead atoms. The number of likely N-dealkylation sites (N-methyl/N-ethyl adjacent to an activating group) is 1. The Labute approximate surface area is 181 Å². The summed E-state index contributed by atoms with van der Waals surface area (Å²) in [5.41, 5.74) is 0.268. The van der Waals surface area contributed by atoms with Gasteiger partial charge in [-0.15, -0.1) is 0 Å². The fourth-order valence-electron chi connectivity index (χ4n) is 3.03. The zero-order valence-corrected chi connectivity index (χ0v) is 18.1. The van der Waals surface area contributed by atoms with Crippen LogP contribution in [0.2, 0.25) is 0 Å². The van der Waals surface area contributed by atoms with Gasteiger partial charge in [0.1, 0.15) is 6.61 Å². The minimum absolute atomic E-state index is 0.0353. The van der Waals surface area contributed by atoms with E-state index in [4.69, 9.17) is 23.7 Å². The van der Waals surface area contributed by atoms with Crippen molar-refractivity contribution >= 4 is 11.9 Å². The maximum atomic E-state index is 12.4. The van der Waals surface area contributed by atoms with Crippen LogP contribution in [-0.2, 0) is 9.53 Å². The topological polar surface area (TPSA) is 83.5 Å². The van der Waals surface area contributed by atoms with Gasteiger partial charge in [-0.3, -0.25) is 4.79 Å². The van der Waals surface area contributed by atoms with Crippen LogP contribution in [0.15, 0.2) is 42.5 Å². The molecule has 0 saturated heterocycles. The first-order valence-corrected chi connectivity index (χ1v) is 10.0. The van der Waals surface area contributed by atoms with Crippen LogP contribution < -0.4 is 18.9 Å². The summed E-state index contributed by atoms with van der Waals surface area (Å²) in [6, 6.07) is 12.1. The number of methoxy groups -OCH3 is 1. The molecule has 2 aromatic rings. The molecule has 8 nitrogen and oxygen atoms in total. The SMILES string of the molecule is COc1cc(C(=O)OCC(=O)N(C)C[C@@H]2COc3ccccc3O2)ccc1OC(C)C. The molecule has 1 heterocycles. The highest BCUT2D eigenvalue weighted by atomic mass is 16.6. The molecule has 0 aromatic heterocycles. The standard InChI is InChI=1S/C23H27NO7/c1-15(2)30-20-10-9-16(11-21(20)27-4)23(26)29-14-22(25)24(3)12-17-13-28-18-7-5-6-8-19(18)31-17/h5-11,15,17H,12-14H2,1-4H3/t17-/m1/s1. The van der Waals surface area contributed by atoms with Crippen LogP contribution in [0.4, 0.5) is 0 Å². The zero-order chi connectivity index (χ0) is 22.4. The lowest BCUT2D eigenvalue weighted by Gasteiger charge is -2.29. The van der Waals surface area contributed by atoms with Gasteiger partial charge in [-0.2, -0.15) is 0 Å². The Balaban J connectivity index is 1.51. The number of rotatable bonds is 8. The highest BCUT2D eigenvalue weighted by Crippen LogP contribution is 2.31. The first-order chi connectivity index (χ1) is 14.9. The molecule has 8 heteroatoms. The van der Waals surface area contributed by atoms with E-state index in [0.717, 1.165) is 0 Å². The third kappa shape index (κ3) is 5.81. The van der Waals surface area contributed by atoms with E-state index in [1.54, 1.807) is 19.2 Å². The van der Waals surface area contributed by atoms with E-state index >= 15 is 0 Å². The van der Waals surface area contributed by atoms with Crippen LogP contribution in [-0.4, -0.2) is 62.9 Å². The van der Waals surface area contributed by atoms with Gasteiger partial charge >= 0.3 is 5.97 Å². The molecule has 1 aliphatic rings. The summed E-state index contributed by atoms with van der Waals surface area (Å²) in [7, 11) is 3.12. The van der Waals surface area contributed by atoms with E-state index in [1.807, 2.05) is 38.1 Å². The minimum Gasteiger partial charge on any atom is -0.493 e. The number of fused-ring (bicyclic) bond motifs is 1. The number of hydrogen-bond acceptors (Lipinski definition) is 7. The van der Waals surface area contributed by atoms with Gasteiger partial charge in [0.2, 0.25) is 0 Å². The van der Waals surface area contributed by atoms with Gasteiger partial charge in [0.15, 0.2) is 35.7 Å². The van der Waals surface area contributed by atoms with Crippen LogP contribution in [0.3, 0.4) is 0 Å². The molecular weight excluding hydrogens is 402 g/mol. The summed E-state index contributed by atoms with van der Waals surface area (Å²) in [5.74, 6) is 1.30. The van der Waals surface area contributed by atoms with Crippen LogP contribution >= 0.6 is 0 Å². The van der Waals surface area contributed by atoms with Gasteiger partial charge in [0.05, 0.1) is 25.3 Å². The quantitative estimate of drug-likeness (QED) is 0.597. The summed E-state index contributed by atoms with van der Waals surface area (Å²) in [6.45, 7) is 4.05. The fourth-order valence-corrected chi connectivity index (χ4v) is 3.03. The lowest BCUT2D eigenvalue weighted by molar-refractivity contribution is -0.134. The van der Waals surface area contributed by atoms with Crippen molar-refractivity contribution < 1.29 is 33.3 Å². The number of amides is 1. The molecule has 1 atom stereocenters. The molecule has 1 amide bonds. The smallest absolute Gasteiger partial charge is 0.338 e. The Morgan fingerprint density at radius 2 is 1.87 bits per heavy atom. The number of para-hydroxylation sites is 2. The van der Waals surface area contributed by atoms with Crippen molar-refractivity contribution in [1.29, 1.82) is 0 Å². The number of carbonyl (C=O) groups is 2. The molecule has 0 fully saturated rings. The predicted octanol–water partition coefficient (Wildman–Crippen LogP) is 2.94. The lowest BCUT2D eigenvalue weighted by atomic mass is 10.2. The maximum absolute atomic E-state index is 12.4. The Hall–Kier alpha value is -3.42. The number of ether oxygens (including phenoxy) is 5. The summed E-state index contributed by atoms with van der Waals surface area (Å²) < 4.78 is 27.6. The van der Waals surface area contributed by atoms with Crippen molar-refractivity contribution in [2.45, 2.75) is 26.1 Å². The number of nitrogens with zero attached hydrogens (tertiary/aromatic N) is 1. The average Bonchev–Trinajstić information content (AvgIpc) is 2.76. The Kier molecular flexibility index (Phi) is 7.23. The molecule has 31 heavy (non-hydrogen) atoms. The molecule has 166 valence electrons. The van der Waals surface area contributed by atoms with Crippen molar-refractivity contribution in [1.82, 2.24) is 4.90 Å². The maximum Gasteiger partial charge on any atom is 0.338 e. The first kappa shape index (κ1) is 22.3. The monoisotopic (exact) mass is 429 g/mol. The second kappa shape index (κ2) is 10.1. The molecule has 0 radical (unpaired) electrons. The molecule has 2 aromatic carbocycles. The van der Waals surface area contributed by atoms with Gasteiger partial charge in [-0.05, 0) is 44.2 Å². The highest BCUT2D eigenvalue weighted by molar-refractivity contribution is 5.92. The Bertz CT molecular complexity index is 928. The van der Waals surface area contributed by atoms with Crippen molar-refractivity contribution in [3.05, 3.63) is 48.0 Å². The van der Waals surface area contributed by atoms with E-state index in [-0.39, 0.29) is 30.3 Å². The number of esters is 1. The normalized spacial score (nSPS) is 14.7. The van der Waals surface area contributed by atoms with Gasteiger partial charge in [0, 0.05) is 7.05 Å². The summed E-state index contributed by atoms with van der Waals surface area (Å²) in [6.07, 6.45) is -0.343. The summed E-state index contributed by atoms with van der Waals surface area (Å²) in [5, 5.41) is 0. The van der Waals surface area contributed by atoms with E-state index in [0.29, 0.717) is 36.1 Å². The zero-order valence-electron chi connectivity index (χ0n) is 18.1. The molecule has 1 aliphatic heterocycles. The first-order valence-electron chi connectivity index (χ1n) is 10.0. The third-order valence-electron chi connectivity index (χ3n) is 4.56. The summed E-state index contributed by atoms with van der Waals surface area (Å²) in [4.78, 5) is 26.2. The minimum atomic E-state index is -0.623. The number of benzene rings is 2. The molecule has 0 N–H and O–H groups in total. The van der Waals surface area contributed by atoms with Crippen LogP contribution in [0.1, 0.15) is 24.2 Å². The van der Waals surface area contributed by atoms with Crippen molar-refractivity contribution in [3.8, 4) is 23.0 Å². The highest BCUT2D eigenvalue weighted by Gasteiger charge is 2.24. The van der Waals surface area contributed by atoms with Gasteiger partial charge in [-0.25, -0.2) is 4.79 Å². The van der Waals surface area contributed by atoms with E-state index in [1.165, 1.54) is 18.1 Å².